The molecule has 1 atom stereocenters. The van der Waals surface area contributed by atoms with Crippen LogP contribution in [0.1, 0.15) is 23.2 Å². The van der Waals surface area contributed by atoms with Crippen LogP contribution < -0.4 is 10.1 Å². The third-order valence-electron chi connectivity index (χ3n) is 5.04. The van der Waals surface area contributed by atoms with Crippen LogP contribution in [0.4, 0.5) is 0 Å². The van der Waals surface area contributed by atoms with Gasteiger partial charge in [0.1, 0.15) is 5.75 Å². The topological polar surface area (TPSA) is 54.5 Å². The van der Waals surface area contributed by atoms with Gasteiger partial charge in [-0.05, 0) is 68.2 Å². The summed E-state index contributed by atoms with van der Waals surface area (Å²) in [6.45, 7) is 3.30. The van der Waals surface area contributed by atoms with Crippen LogP contribution in [0.25, 0.3) is 0 Å². The Balaban J connectivity index is 1.40. The molecule has 4 heterocycles. The lowest BCUT2D eigenvalue weighted by Crippen LogP contribution is -2.57. The highest BCUT2D eigenvalue weighted by Crippen LogP contribution is 2.29. The number of halogens is 1. The molecule has 0 radical (unpaired) electrons. The molecule has 2 bridgehead atoms. The van der Waals surface area contributed by atoms with Gasteiger partial charge < -0.3 is 15.0 Å². The van der Waals surface area contributed by atoms with Gasteiger partial charge in [0, 0.05) is 24.3 Å². The van der Waals surface area contributed by atoms with Gasteiger partial charge in [0.05, 0.1) is 0 Å². The molecule has 3 aliphatic heterocycles. The first-order chi connectivity index (χ1) is 12.2. The number of hydrogen-bond donors (Lipinski definition) is 1. The largest absolute Gasteiger partial charge is 0.454 e. The fourth-order valence-electron chi connectivity index (χ4n) is 3.63. The smallest absolute Gasteiger partial charge is 0.251 e. The maximum atomic E-state index is 12.5. The summed E-state index contributed by atoms with van der Waals surface area (Å²) in [6, 6.07) is 10.9. The lowest BCUT2D eigenvalue weighted by Gasteiger charge is -2.44. The molecule has 2 aromatic rings. The molecule has 1 aromatic carbocycles. The van der Waals surface area contributed by atoms with E-state index in [4.69, 9.17) is 16.3 Å². The average molecular weight is 358 g/mol. The maximum Gasteiger partial charge on any atom is 0.251 e. The van der Waals surface area contributed by atoms with Crippen molar-refractivity contribution >= 4 is 17.5 Å². The monoisotopic (exact) mass is 357 g/mol. The molecule has 3 saturated heterocycles. The first kappa shape index (κ1) is 16.4. The van der Waals surface area contributed by atoms with Crippen molar-refractivity contribution in [3.05, 3.63) is 53.3 Å². The van der Waals surface area contributed by atoms with Gasteiger partial charge >= 0.3 is 0 Å². The van der Waals surface area contributed by atoms with E-state index < -0.39 is 0 Å². The molecular weight excluding hydrogens is 338 g/mol. The van der Waals surface area contributed by atoms with Crippen LogP contribution in [0.15, 0.2) is 42.6 Å². The van der Waals surface area contributed by atoms with E-state index in [0.717, 1.165) is 6.54 Å². The van der Waals surface area contributed by atoms with Crippen molar-refractivity contribution in [3.8, 4) is 11.5 Å². The van der Waals surface area contributed by atoms with Gasteiger partial charge in [0.15, 0.2) is 10.9 Å². The Labute approximate surface area is 152 Å². The number of carbonyl (C=O) groups is 1. The summed E-state index contributed by atoms with van der Waals surface area (Å²) >= 11 is 5.99. The number of hydrogen-bond acceptors (Lipinski definition) is 4. The van der Waals surface area contributed by atoms with Gasteiger partial charge in [-0.25, -0.2) is 4.98 Å². The Morgan fingerprint density at radius 1 is 1.20 bits per heavy atom. The summed E-state index contributed by atoms with van der Waals surface area (Å²) in [7, 11) is 0. The predicted octanol–water partition coefficient (Wildman–Crippen LogP) is 3.35. The van der Waals surface area contributed by atoms with Gasteiger partial charge in [-0.3, -0.25) is 4.79 Å². The summed E-state index contributed by atoms with van der Waals surface area (Å²) in [5, 5.41) is 3.50. The minimum atomic E-state index is -0.0234. The second-order valence-electron chi connectivity index (χ2n) is 6.64. The van der Waals surface area contributed by atoms with E-state index in [1.807, 2.05) is 0 Å². The summed E-state index contributed by atoms with van der Waals surface area (Å²) in [5.41, 5.74) is 0.640. The number of fused-ring (bicyclic) bond motifs is 3. The third-order valence-corrected chi connectivity index (χ3v) is 5.33. The fraction of sp³-hybridized carbons (Fsp3) is 0.368. The Kier molecular flexibility index (Phi) is 4.59. The van der Waals surface area contributed by atoms with E-state index in [2.05, 4.69) is 15.2 Å². The highest BCUT2D eigenvalue weighted by molar-refractivity contribution is 6.30. The minimum Gasteiger partial charge on any atom is -0.454 e. The van der Waals surface area contributed by atoms with E-state index in [0.29, 0.717) is 28.1 Å². The SMILES string of the molecule is O=C(N[C@H]1CN2CCC1CC2)c1ccc(Oc2cccnc2Cl)cc1. The number of nitrogens with one attached hydrogen (secondary N) is 1. The minimum absolute atomic E-state index is 0.0234. The number of piperidine rings is 3. The first-order valence-electron chi connectivity index (χ1n) is 8.61. The van der Waals surface area contributed by atoms with Crippen molar-refractivity contribution in [1.29, 1.82) is 0 Å². The summed E-state index contributed by atoms with van der Waals surface area (Å²) in [6.07, 6.45) is 3.98. The van der Waals surface area contributed by atoms with Crippen molar-refractivity contribution < 1.29 is 9.53 Å². The molecule has 5 rings (SSSR count). The third kappa shape index (κ3) is 3.62. The number of rotatable bonds is 4. The van der Waals surface area contributed by atoms with E-state index >= 15 is 0 Å². The second kappa shape index (κ2) is 7.02. The van der Waals surface area contributed by atoms with Crippen molar-refractivity contribution in [2.24, 2.45) is 5.92 Å². The van der Waals surface area contributed by atoms with Crippen LogP contribution in [0, 0.1) is 5.92 Å². The van der Waals surface area contributed by atoms with E-state index in [1.165, 1.54) is 25.9 Å². The van der Waals surface area contributed by atoms with Gasteiger partial charge in [0.25, 0.3) is 5.91 Å². The van der Waals surface area contributed by atoms with Crippen LogP contribution in [-0.4, -0.2) is 41.5 Å². The zero-order chi connectivity index (χ0) is 17.2. The number of nitrogens with zero attached hydrogens (tertiary/aromatic N) is 2. The Hall–Kier alpha value is -2.11. The molecule has 1 aromatic heterocycles. The van der Waals surface area contributed by atoms with Gasteiger partial charge in [-0.1, -0.05) is 11.6 Å². The summed E-state index contributed by atoms with van der Waals surface area (Å²) in [4.78, 5) is 18.9. The van der Waals surface area contributed by atoms with Crippen LogP contribution in [-0.2, 0) is 0 Å². The number of amides is 1. The highest BCUT2D eigenvalue weighted by atomic mass is 35.5. The molecule has 3 fully saturated rings. The summed E-state index contributed by atoms with van der Waals surface area (Å²) in [5.74, 6) is 1.71. The standard InChI is InChI=1S/C19H20ClN3O2/c20-18-17(2-1-9-21-18)25-15-5-3-14(4-6-15)19(24)22-16-12-23-10-7-13(16)8-11-23/h1-6,9,13,16H,7-8,10-12H2,(H,22,24)/t16-/m0/s1. The molecule has 0 saturated carbocycles. The second-order valence-corrected chi connectivity index (χ2v) is 6.99. The lowest BCUT2D eigenvalue weighted by atomic mass is 9.84. The lowest BCUT2D eigenvalue weighted by molar-refractivity contribution is 0.0620. The molecule has 0 spiro atoms. The molecule has 3 aliphatic rings. The molecule has 130 valence electrons. The van der Waals surface area contributed by atoms with E-state index in [-0.39, 0.29) is 11.9 Å². The van der Waals surface area contributed by atoms with Crippen LogP contribution in [0.3, 0.4) is 0 Å². The number of pyridine rings is 1. The number of benzene rings is 1. The van der Waals surface area contributed by atoms with Gasteiger partial charge in [-0.2, -0.15) is 0 Å². The van der Waals surface area contributed by atoms with Gasteiger partial charge in [-0.15, -0.1) is 0 Å². The van der Waals surface area contributed by atoms with Crippen molar-refractivity contribution in [1.82, 2.24) is 15.2 Å². The van der Waals surface area contributed by atoms with Crippen LogP contribution in [0.5, 0.6) is 11.5 Å². The molecule has 1 N–H and O–H groups in total. The van der Waals surface area contributed by atoms with E-state index in [1.54, 1.807) is 42.6 Å². The van der Waals surface area contributed by atoms with E-state index in [9.17, 15) is 4.79 Å². The molecule has 25 heavy (non-hydrogen) atoms. The molecule has 1 amide bonds. The zero-order valence-electron chi connectivity index (χ0n) is 13.8. The molecule has 6 heteroatoms. The Morgan fingerprint density at radius 2 is 1.96 bits per heavy atom. The number of aromatic nitrogens is 1. The highest BCUT2D eigenvalue weighted by Gasteiger charge is 2.34. The van der Waals surface area contributed by atoms with Crippen molar-refractivity contribution in [2.45, 2.75) is 18.9 Å². The number of ether oxygens (including phenoxy) is 1. The molecular formula is C19H20ClN3O2. The normalized spacial score (nSPS) is 24.8. The Bertz CT molecular complexity index is 758. The van der Waals surface area contributed by atoms with Crippen molar-refractivity contribution in [3.63, 3.8) is 0 Å². The predicted molar refractivity (Wildman–Crippen MR) is 96.2 cm³/mol. The summed E-state index contributed by atoms with van der Waals surface area (Å²) < 4.78 is 5.70. The fourth-order valence-corrected chi connectivity index (χ4v) is 3.79. The van der Waals surface area contributed by atoms with Crippen LogP contribution in [0.2, 0.25) is 5.15 Å². The first-order valence-corrected chi connectivity index (χ1v) is 8.98. The Morgan fingerprint density at radius 3 is 2.60 bits per heavy atom. The molecule has 0 aliphatic carbocycles. The molecule has 0 unspecified atom stereocenters. The zero-order valence-corrected chi connectivity index (χ0v) is 14.6. The average Bonchev–Trinajstić information content (AvgIpc) is 2.65. The van der Waals surface area contributed by atoms with Crippen LogP contribution >= 0.6 is 11.6 Å². The quantitative estimate of drug-likeness (QED) is 0.852. The van der Waals surface area contributed by atoms with Crippen molar-refractivity contribution in [2.75, 3.05) is 19.6 Å². The number of carbonyl (C=O) groups excluding carboxylic acids is 1. The maximum absolute atomic E-state index is 12.5. The molecule has 5 nitrogen and oxygen atoms in total. The van der Waals surface area contributed by atoms with Gasteiger partial charge in [0.2, 0.25) is 0 Å².